The fourth-order valence-electron chi connectivity index (χ4n) is 2.62. The van der Waals surface area contributed by atoms with E-state index in [1.54, 1.807) is 0 Å². The van der Waals surface area contributed by atoms with E-state index in [1.165, 1.54) is 11.1 Å². The van der Waals surface area contributed by atoms with Crippen molar-refractivity contribution in [1.82, 2.24) is 5.32 Å². The summed E-state index contributed by atoms with van der Waals surface area (Å²) >= 11 is 0. The van der Waals surface area contributed by atoms with Crippen LogP contribution in [0, 0.1) is 0 Å². The predicted molar refractivity (Wildman–Crippen MR) is 62.2 cm³/mol. The van der Waals surface area contributed by atoms with E-state index in [2.05, 4.69) is 11.4 Å². The molecule has 0 aliphatic carbocycles. The first kappa shape index (κ1) is 10.6. The first-order valence-corrected chi connectivity index (χ1v) is 5.98. The molecule has 4 heteroatoms. The summed E-state index contributed by atoms with van der Waals surface area (Å²) < 4.78 is 5.46. The molecule has 2 atom stereocenters. The third kappa shape index (κ3) is 1.89. The molecular formula is C13H15NO3. The summed E-state index contributed by atoms with van der Waals surface area (Å²) in [6.45, 7) is 0.759. The Morgan fingerprint density at radius 2 is 2.29 bits per heavy atom. The predicted octanol–water partition coefficient (Wildman–Crippen LogP) is 1.50. The SMILES string of the molecule is O=C(O)C1CCC(c2ccc3c(c2)CCO3)N1. The van der Waals surface area contributed by atoms with Crippen LogP contribution in [0.4, 0.5) is 0 Å². The maximum atomic E-state index is 10.9. The minimum Gasteiger partial charge on any atom is -0.493 e. The average molecular weight is 233 g/mol. The van der Waals surface area contributed by atoms with Gasteiger partial charge in [0.25, 0.3) is 0 Å². The van der Waals surface area contributed by atoms with Gasteiger partial charge >= 0.3 is 5.97 Å². The van der Waals surface area contributed by atoms with Gasteiger partial charge in [-0.25, -0.2) is 0 Å². The number of rotatable bonds is 2. The number of carbonyl (C=O) groups is 1. The van der Waals surface area contributed by atoms with E-state index in [0.717, 1.165) is 25.2 Å². The number of aliphatic carboxylic acids is 1. The summed E-state index contributed by atoms with van der Waals surface area (Å²) in [6.07, 6.45) is 2.54. The molecule has 1 aromatic carbocycles. The Bertz CT molecular complexity index is 458. The number of carboxylic acid groups (broad SMARTS) is 1. The Balaban J connectivity index is 1.79. The molecule has 0 aromatic heterocycles. The van der Waals surface area contributed by atoms with Crippen molar-refractivity contribution in [2.45, 2.75) is 31.3 Å². The van der Waals surface area contributed by atoms with Crippen molar-refractivity contribution in [1.29, 1.82) is 0 Å². The van der Waals surface area contributed by atoms with Crippen LogP contribution < -0.4 is 10.1 Å². The Labute approximate surface area is 99.6 Å². The Morgan fingerprint density at radius 3 is 3.06 bits per heavy atom. The van der Waals surface area contributed by atoms with Crippen LogP contribution in [0.15, 0.2) is 18.2 Å². The third-order valence-corrected chi connectivity index (χ3v) is 3.56. The highest BCUT2D eigenvalue weighted by molar-refractivity contribution is 5.74. The number of hydrogen-bond donors (Lipinski definition) is 2. The number of carboxylic acids is 1. The highest BCUT2D eigenvalue weighted by atomic mass is 16.5. The van der Waals surface area contributed by atoms with Crippen molar-refractivity contribution < 1.29 is 14.6 Å². The fraction of sp³-hybridized carbons (Fsp3) is 0.462. The summed E-state index contributed by atoms with van der Waals surface area (Å²) in [7, 11) is 0. The Kier molecular flexibility index (Phi) is 2.52. The molecule has 90 valence electrons. The first-order valence-electron chi connectivity index (χ1n) is 5.98. The standard InChI is InChI=1S/C13H15NO3/c15-13(16)11-3-2-10(14-11)8-1-4-12-9(7-8)5-6-17-12/h1,4,7,10-11,14H,2-3,5-6H2,(H,15,16). The zero-order valence-corrected chi connectivity index (χ0v) is 9.48. The summed E-state index contributed by atoms with van der Waals surface area (Å²) in [5, 5.41) is 12.1. The minimum atomic E-state index is -0.753. The van der Waals surface area contributed by atoms with Gasteiger partial charge in [-0.05, 0) is 30.0 Å². The van der Waals surface area contributed by atoms with Crippen LogP contribution in [0.5, 0.6) is 5.75 Å². The molecule has 2 unspecified atom stereocenters. The van der Waals surface area contributed by atoms with Crippen LogP contribution in [-0.4, -0.2) is 23.7 Å². The van der Waals surface area contributed by atoms with E-state index in [1.807, 2.05) is 12.1 Å². The van der Waals surface area contributed by atoms with Crippen molar-refractivity contribution >= 4 is 5.97 Å². The average Bonchev–Trinajstić information content (AvgIpc) is 2.97. The van der Waals surface area contributed by atoms with Crippen LogP contribution in [0.3, 0.4) is 0 Å². The van der Waals surface area contributed by atoms with Crippen LogP contribution in [0.1, 0.15) is 30.0 Å². The number of hydrogen-bond acceptors (Lipinski definition) is 3. The molecular weight excluding hydrogens is 218 g/mol. The Morgan fingerprint density at radius 1 is 1.41 bits per heavy atom. The second-order valence-corrected chi connectivity index (χ2v) is 4.65. The lowest BCUT2D eigenvalue weighted by Crippen LogP contribution is -2.31. The van der Waals surface area contributed by atoms with E-state index in [9.17, 15) is 4.79 Å². The van der Waals surface area contributed by atoms with Crippen LogP contribution in [-0.2, 0) is 11.2 Å². The Hall–Kier alpha value is -1.55. The highest BCUT2D eigenvalue weighted by Crippen LogP contribution is 2.32. The summed E-state index contributed by atoms with van der Waals surface area (Å²) in [4.78, 5) is 10.9. The second kappa shape index (κ2) is 4.04. The van der Waals surface area contributed by atoms with Crippen molar-refractivity contribution in [3.63, 3.8) is 0 Å². The number of nitrogens with one attached hydrogen (secondary N) is 1. The first-order chi connectivity index (χ1) is 8.24. The zero-order valence-electron chi connectivity index (χ0n) is 9.48. The van der Waals surface area contributed by atoms with Gasteiger partial charge in [0.15, 0.2) is 0 Å². The lowest BCUT2D eigenvalue weighted by molar-refractivity contribution is -0.139. The van der Waals surface area contributed by atoms with Crippen molar-refractivity contribution in [2.75, 3.05) is 6.61 Å². The van der Waals surface area contributed by atoms with Gasteiger partial charge in [-0.3, -0.25) is 10.1 Å². The fourth-order valence-corrected chi connectivity index (χ4v) is 2.62. The maximum Gasteiger partial charge on any atom is 0.320 e. The molecule has 1 fully saturated rings. The van der Waals surface area contributed by atoms with E-state index in [4.69, 9.17) is 9.84 Å². The van der Waals surface area contributed by atoms with Crippen LogP contribution in [0.25, 0.3) is 0 Å². The molecule has 1 aromatic rings. The molecule has 0 bridgehead atoms. The molecule has 0 saturated carbocycles. The quantitative estimate of drug-likeness (QED) is 0.812. The van der Waals surface area contributed by atoms with Crippen molar-refractivity contribution in [3.05, 3.63) is 29.3 Å². The van der Waals surface area contributed by atoms with E-state index in [-0.39, 0.29) is 6.04 Å². The monoisotopic (exact) mass is 233 g/mol. The topological polar surface area (TPSA) is 58.6 Å². The smallest absolute Gasteiger partial charge is 0.320 e. The lowest BCUT2D eigenvalue weighted by Gasteiger charge is -2.13. The van der Waals surface area contributed by atoms with Gasteiger partial charge in [-0.2, -0.15) is 0 Å². The van der Waals surface area contributed by atoms with Crippen LogP contribution in [0.2, 0.25) is 0 Å². The summed E-state index contributed by atoms with van der Waals surface area (Å²) in [5.41, 5.74) is 2.42. The summed E-state index contributed by atoms with van der Waals surface area (Å²) in [6, 6.07) is 5.94. The van der Waals surface area contributed by atoms with Gasteiger partial charge in [-0.1, -0.05) is 12.1 Å². The van der Waals surface area contributed by atoms with Gasteiger partial charge < -0.3 is 9.84 Å². The lowest BCUT2D eigenvalue weighted by atomic mass is 10.0. The molecule has 1 saturated heterocycles. The normalized spacial score (nSPS) is 26.6. The van der Waals surface area contributed by atoms with Crippen molar-refractivity contribution in [3.8, 4) is 5.75 Å². The minimum absolute atomic E-state index is 0.169. The van der Waals surface area contributed by atoms with E-state index >= 15 is 0 Å². The van der Waals surface area contributed by atoms with E-state index < -0.39 is 12.0 Å². The second-order valence-electron chi connectivity index (χ2n) is 4.65. The zero-order chi connectivity index (χ0) is 11.8. The highest BCUT2D eigenvalue weighted by Gasteiger charge is 2.30. The van der Waals surface area contributed by atoms with Gasteiger partial charge in [0, 0.05) is 12.5 Å². The molecule has 2 heterocycles. The molecule has 0 spiro atoms. The van der Waals surface area contributed by atoms with Gasteiger partial charge in [0.2, 0.25) is 0 Å². The molecule has 17 heavy (non-hydrogen) atoms. The largest absolute Gasteiger partial charge is 0.493 e. The maximum absolute atomic E-state index is 10.9. The van der Waals surface area contributed by atoms with Gasteiger partial charge in [-0.15, -0.1) is 0 Å². The molecule has 2 aliphatic heterocycles. The summed E-state index contributed by atoms with van der Waals surface area (Å²) in [5.74, 6) is 0.221. The molecule has 0 radical (unpaired) electrons. The number of benzene rings is 1. The van der Waals surface area contributed by atoms with E-state index in [0.29, 0.717) is 6.42 Å². The van der Waals surface area contributed by atoms with Crippen LogP contribution >= 0.6 is 0 Å². The molecule has 2 aliphatic rings. The van der Waals surface area contributed by atoms with Gasteiger partial charge in [0.1, 0.15) is 11.8 Å². The molecule has 2 N–H and O–H groups in total. The third-order valence-electron chi connectivity index (χ3n) is 3.56. The molecule has 4 nitrogen and oxygen atoms in total. The number of fused-ring (bicyclic) bond motifs is 1. The number of ether oxygens (including phenoxy) is 1. The molecule has 3 rings (SSSR count). The van der Waals surface area contributed by atoms with Gasteiger partial charge in [0.05, 0.1) is 6.61 Å². The van der Waals surface area contributed by atoms with Crippen molar-refractivity contribution in [2.24, 2.45) is 0 Å². The molecule has 0 amide bonds.